The zero-order valence-electron chi connectivity index (χ0n) is 18.5. The Balaban J connectivity index is 1.39. The lowest BCUT2D eigenvalue weighted by Crippen LogP contribution is -2.39. The van der Waals surface area contributed by atoms with Crippen LogP contribution in [0.2, 0.25) is 0 Å². The lowest BCUT2D eigenvalue weighted by atomic mass is 10.1. The van der Waals surface area contributed by atoms with E-state index in [4.69, 9.17) is 9.72 Å². The van der Waals surface area contributed by atoms with Crippen molar-refractivity contribution in [2.45, 2.75) is 25.3 Å². The number of hydrogen-bond acceptors (Lipinski definition) is 6. The van der Waals surface area contributed by atoms with Crippen LogP contribution in [0.15, 0.2) is 42.5 Å². The van der Waals surface area contributed by atoms with Gasteiger partial charge in [0.1, 0.15) is 5.82 Å². The number of fused-ring (bicyclic) bond motifs is 1. The smallest absolute Gasteiger partial charge is 0.255 e. The maximum Gasteiger partial charge on any atom is 0.255 e. The highest BCUT2D eigenvalue weighted by Gasteiger charge is 2.23. The molecule has 2 aromatic heterocycles. The Morgan fingerprint density at radius 1 is 1.19 bits per heavy atom. The van der Waals surface area contributed by atoms with Crippen molar-refractivity contribution in [3.05, 3.63) is 48.0 Å². The van der Waals surface area contributed by atoms with E-state index in [1.807, 2.05) is 12.1 Å². The summed E-state index contributed by atoms with van der Waals surface area (Å²) in [6, 6.07) is 15.1. The number of thiophene rings is 1. The van der Waals surface area contributed by atoms with Gasteiger partial charge in [0, 0.05) is 30.4 Å². The maximum atomic E-state index is 13.1. The fraction of sp³-hybridized carbons (Fsp3) is 0.440. The Hall–Kier alpha value is -2.48. The first-order valence-electron chi connectivity index (χ1n) is 11.5. The van der Waals surface area contributed by atoms with Crippen LogP contribution in [0.25, 0.3) is 20.7 Å². The van der Waals surface area contributed by atoms with Crippen molar-refractivity contribution >= 4 is 33.1 Å². The molecule has 2 aliphatic heterocycles. The third kappa shape index (κ3) is 4.51. The average Bonchev–Trinajstić information content (AvgIpc) is 3.45. The predicted molar refractivity (Wildman–Crippen MR) is 131 cm³/mol. The summed E-state index contributed by atoms with van der Waals surface area (Å²) in [7, 11) is 2.17. The van der Waals surface area contributed by atoms with E-state index in [0.29, 0.717) is 31.4 Å². The molecule has 7 heteroatoms. The van der Waals surface area contributed by atoms with Crippen LogP contribution in [-0.2, 0) is 4.74 Å². The number of hydrogen-bond donors (Lipinski definition) is 1. The molecule has 2 fully saturated rings. The highest BCUT2D eigenvalue weighted by Crippen LogP contribution is 2.34. The van der Waals surface area contributed by atoms with Crippen LogP contribution in [0.3, 0.4) is 0 Å². The molecule has 168 valence electrons. The van der Waals surface area contributed by atoms with Crippen molar-refractivity contribution in [3.63, 3.8) is 0 Å². The molecule has 3 aromatic rings. The van der Waals surface area contributed by atoms with Crippen LogP contribution in [-0.4, -0.2) is 68.3 Å². The van der Waals surface area contributed by atoms with Crippen LogP contribution in [0.4, 0.5) is 5.82 Å². The third-order valence-corrected chi connectivity index (χ3v) is 7.68. The van der Waals surface area contributed by atoms with Crippen LogP contribution in [0.1, 0.15) is 29.6 Å². The maximum absolute atomic E-state index is 13.1. The van der Waals surface area contributed by atoms with Gasteiger partial charge in [0.2, 0.25) is 0 Å². The minimum absolute atomic E-state index is 0.0393. The molecule has 1 unspecified atom stereocenters. The number of benzene rings is 1. The summed E-state index contributed by atoms with van der Waals surface area (Å²) < 4.78 is 6.78. The van der Waals surface area contributed by atoms with Gasteiger partial charge in [-0.3, -0.25) is 4.79 Å². The van der Waals surface area contributed by atoms with Crippen LogP contribution < -0.4 is 10.2 Å². The number of amides is 1. The molecule has 1 atom stereocenters. The number of pyridine rings is 1. The van der Waals surface area contributed by atoms with Gasteiger partial charge < -0.3 is 19.9 Å². The molecule has 5 rings (SSSR count). The Morgan fingerprint density at radius 2 is 2.03 bits per heavy atom. The first kappa shape index (κ1) is 21.4. The van der Waals surface area contributed by atoms with Gasteiger partial charge in [-0.2, -0.15) is 0 Å². The Bertz CT molecular complexity index is 1060. The van der Waals surface area contributed by atoms with E-state index < -0.39 is 0 Å². The second-order valence-corrected chi connectivity index (χ2v) is 9.72. The Morgan fingerprint density at radius 3 is 2.81 bits per heavy atom. The van der Waals surface area contributed by atoms with Crippen molar-refractivity contribution in [1.29, 1.82) is 0 Å². The predicted octanol–water partition coefficient (Wildman–Crippen LogP) is 4.01. The molecule has 32 heavy (non-hydrogen) atoms. The zero-order valence-corrected chi connectivity index (χ0v) is 19.4. The highest BCUT2D eigenvalue weighted by molar-refractivity contribution is 7.22. The van der Waals surface area contributed by atoms with Gasteiger partial charge in [0.05, 0.1) is 29.3 Å². The normalized spacial score (nSPS) is 19.5. The van der Waals surface area contributed by atoms with E-state index in [0.717, 1.165) is 42.4 Å². The molecule has 4 heterocycles. The van der Waals surface area contributed by atoms with Crippen molar-refractivity contribution < 1.29 is 9.53 Å². The summed E-state index contributed by atoms with van der Waals surface area (Å²) in [4.78, 5) is 23.8. The van der Waals surface area contributed by atoms with E-state index in [1.54, 1.807) is 11.3 Å². The highest BCUT2D eigenvalue weighted by atomic mass is 32.1. The standard InChI is InChI=1S/C25H30N4O2S/c1-28-12-4-6-19(28)10-11-26-25(30)20-8-9-21(27-24(20)29-13-15-31-16-14-29)23-17-18-5-2-3-7-22(18)32-23/h2-3,5,7-9,17,19H,4,6,10-16H2,1H3,(H,26,30). The van der Waals surface area contributed by atoms with Gasteiger partial charge >= 0.3 is 0 Å². The SMILES string of the molecule is CN1CCCC1CCNC(=O)c1ccc(-c2cc3ccccc3s2)nc1N1CCOCC1. The molecule has 0 aliphatic carbocycles. The van der Waals surface area contributed by atoms with Gasteiger partial charge in [-0.05, 0) is 62.5 Å². The summed E-state index contributed by atoms with van der Waals surface area (Å²) in [5, 5.41) is 4.37. The molecular weight excluding hydrogens is 420 g/mol. The van der Waals surface area contributed by atoms with Gasteiger partial charge in [-0.1, -0.05) is 18.2 Å². The lowest BCUT2D eigenvalue weighted by molar-refractivity contribution is 0.0948. The molecular formula is C25H30N4O2S. The van der Waals surface area contributed by atoms with Crippen LogP contribution >= 0.6 is 11.3 Å². The number of likely N-dealkylation sites (tertiary alicyclic amines) is 1. The monoisotopic (exact) mass is 450 g/mol. The molecule has 1 N–H and O–H groups in total. The first-order valence-corrected chi connectivity index (χ1v) is 12.3. The topological polar surface area (TPSA) is 57.7 Å². The summed E-state index contributed by atoms with van der Waals surface area (Å²) in [6.45, 7) is 4.65. The summed E-state index contributed by atoms with van der Waals surface area (Å²) >= 11 is 1.74. The summed E-state index contributed by atoms with van der Waals surface area (Å²) in [5.74, 6) is 0.723. The van der Waals surface area contributed by atoms with Crippen LogP contribution in [0, 0.1) is 0 Å². The van der Waals surface area contributed by atoms with Crippen molar-refractivity contribution in [1.82, 2.24) is 15.2 Å². The molecule has 0 radical (unpaired) electrons. The Kier molecular flexibility index (Phi) is 6.39. The molecule has 0 spiro atoms. The molecule has 0 bridgehead atoms. The van der Waals surface area contributed by atoms with E-state index >= 15 is 0 Å². The second kappa shape index (κ2) is 9.57. The van der Waals surface area contributed by atoms with E-state index in [2.05, 4.69) is 52.5 Å². The number of rotatable bonds is 6. The fourth-order valence-corrected chi connectivity index (χ4v) is 5.71. The molecule has 1 amide bonds. The number of nitrogens with one attached hydrogen (secondary N) is 1. The number of ether oxygens (including phenoxy) is 1. The number of aromatic nitrogens is 1. The minimum Gasteiger partial charge on any atom is -0.378 e. The minimum atomic E-state index is -0.0393. The molecule has 1 aromatic carbocycles. The number of anilines is 1. The lowest BCUT2D eigenvalue weighted by Gasteiger charge is -2.29. The third-order valence-electron chi connectivity index (χ3n) is 6.54. The number of carbonyl (C=O) groups is 1. The molecule has 2 aliphatic rings. The largest absolute Gasteiger partial charge is 0.378 e. The van der Waals surface area contributed by atoms with Gasteiger partial charge in [-0.15, -0.1) is 11.3 Å². The summed E-state index contributed by atoms with van der Waals surface area (Å²) in [5.41, 5.74) is 1.56. The fourth-order valence-electron chi connectivity index (χ4n) is 4.68. The van der Waals surface area contributed by atoms with Gasteiger partial charge in [-0.25, -0.2) is 4.98 Å². The second-order valence-electron chi connectivity index (χ2n) is 8.64. The van der Waals surface area contributed by atoms with Crippen molar-refractivity contribution in [2.75, 3.05) is 51.3 Å². The zero-order chi connectivity index (χ0) is 21.9. The van der Waals surface area contributed by atoms with E-state index in [-0.39, 0.29) is 5.91 Å². The Labute approximate surface area is 193 Å². The quantitative estimate of drug-likeness (QED) is 0.615. The van der Waals surface area contributed by atoms with Gasteiger partial charge in [0.15, 0.2) is 0 Å². The number of morpholine rings is 1. The number of nitrogens with zero attached hydrogens (tertiary/aromatic N) is 3. The van der Waals surface area contributed by atoms with E-state index in [9.17, 15) is 4.79 Å². The van der Waals surface area contributed by atoms with Crippen LogP contribution in [0.5, 0.6) is 0 Å². The molecule has 2 saturated heterocycles. The molecule has 6 nitrogen and oxygen atoms in total. The van der Waals surface area contributed by atoms with Crippen molar-refractivity contribution in [2.24, 2.45) is 0 Å². The van der Waals surface area contributed by atoms with E-state index in [1.165, 1.54) is 22.9 Å². The van der Waals surface area contributed by atoms with Gasteiger partial charge in [0.25, 0.3) is 5.91 Å². The summed E-state index contributed by atoms with van der Waals surface area (Å²) in [6.07, 6.45) is 3.46. The average molecular weight is 451 g/mol. The first-order chi connectivity index (χ1) is 15.7. The number of carbonyl (C=O) groups excluding carboxylic acids is 1. The molecule has 0 saturated carbocycles. The van der Waals surface area contributed by atoms with Crippen molar-refractivity contribution in [3.8, 4) is 10.6 Å².